The van der Waals surface area contributed by atoms with E-state index in [1.54, 1.807) is 0 Å². The second-order valence-corrected chi connectivity index (χ2v) is 6.96. The summed E-state index contributed by atoms with van der Waals surface area (Å²) in [5, 5.41) is 0. The molecule has 0 saturated heterocycles. The number of hydrogen-bond acceptors (Lipinski definition) is 0. The van der Waals surface area contributed by atoms with Crippen molar-refractivity contribution in [2.24, 2.45) is 0 Å². The summed E-state index contributed by atoms with van der Waals surface area (Å²) in [6.07, 6.45) is 0. The van der Waals surface area contributed by atoms with Crippen LogP contribution >= 0.6 is 18.4 Å². The van der Waals surface area contributed by atoms with Crippen molar-refractivity contribution in [1.29, 1.82) is 0 Å². The fraction of sp³-hybridized carbons (Fsp3) is 0.167. The Labute approximate surface area is 109 Å². The fourth-order valence-corrected chi connectivity index (χ4v) is 0.562. The fourth-order valence-electron chi connectivity index (χ4n) is 0.562. The zero-order valence-electron chi connectivity index (χ0n) is 8.20. The molecule has 0 saturated carbocycles. The van der Waals surface area contributed by atoms with Gasteiger partial charge in [-0.25, -0.2) is 13.8 Å². The molecule has 0 atom stereocenters. The normalized spacial score (nSPS) is 8.00. The molecule has 0 aliphatic rings. The van der Waals surface area contributed by atoms with Crippen molar-refractivity contribution in [3.8, 4) is 0 Å². The number of hydrogen-bond donors (Lipinski definition) is 0. The average Bonchev–Trinajstić information content (AvgIpc) is 2.81. The van der Waals surface area contributed by atoms with Gasteiger partial charge in [-0.15, -0.1) is 0 Å². The van der Waals surface area contributed by atoms with Crippen LogP contribution in [0.5, 0.6) is 0 Å². The third kappa shape index (κ3) is 10.3. The van der Waals surface area contributed by atoms with E-state index in [0.717, 1.165) is 11.1 Å². The number of halogens is 2. The van der Waals surface area contributed by atoms with Gasteiger partial charge in [-0.2, -0.15) is 0 Å². The molecule has 15 heavy (non-hydrogen) atoms. The van der Waals surface area contributed by atoms with Gasteiger partial charge in [0.2, 0.25) is 0 Å². The predicted molar refractivity (Wildman–Crippen MR) is 55.9 cm³/mol. The molecule has 83 valence electrons. The minimum atomic E-state index is -0.889. The Bertz CT molecular complexity index is 266. The molecule has 0 aromatic heterocycles. The van der Waals surface area contributed by atoms with E-state index in [1.807, 2.05) is 13.8 Å². The van der Waals surface area contributed by atoms with Crippen LogP contribution in [0.1, 0.15) is 11.1 Å². The van der Waals surface area contributed by atoms with E-state index in [0.29, 0.717) is 0 Å². The first-order chi connectivity index (χ1) is 7.20. The van der Waals surface area contributed by atoms with Gasteiger partial charge in [0.15, 0.2) is 0 Å². The van der Waals surface area contributed by atoms with Gasteiger partial charge in [-0.1, -0.05) is 0 Å². The van der Waals surface area contributed by atoms with Crippen LogP contribution < -0.4 is 0 Å². The molecule has 2 rings (SSSR count). The zero-order valence-corrected chi connectivity index (χ0v) is 12.9. The summed E-state index contributed by atoms with van der Waals surface area (Å²) in [7, 11) is 9.89. The Morgan fingerprint density at radius 2 is 0.933 bits per heavy atom. The SMILES string of the molecule is C[c-]1[c-][c-][c-][c-]1.C[c-]1[c-][c-][c-][c-]1.[Cl][Ta][Cl]. The molecule has 0 aliphatic heterocycles. The van der Waals surface area contributed by atoms with Crippen molar-refractivity contribution in [2.75, 3.05) is 0 Å². The van der Waals surface area contributed by atoms with Gasteiger partial charge in [-0.3, -0.25) is 0 Å². The van der Waals surface area contributed by atoms with Crippen molar-refractivity contribution < 1.29 is 17.6 Å². The quantitative estimate of drug-likeness (QED) is 0.594. The van der Waals surface area contributed by atoms with E-state index in [4.69, 9.17) is 18.4 Å². The van der Waals surface area contributed by atoms with Crippen molar-refractivity contribution in [3.05, 3.63) is 59.7 Å². The topological polar surface area (TPSA) is 0 Å². The first-order valence-electron chi connectivity index (χ1n) is 3.84. The summed E-state index contributed by atoms with van der Waals surface area (Å²) < 4.78 is 0. The maximum atomic E-state index is 4.94. The number of aryl methyl sites for hydroxylation is 2. The molecule has 0 fully saturated rings. The monoisotopic (exact) mass is 401 g/mol. The van der Waals surface area contributed by atoms with Crippen molar-refractivity contribution in [1.82, 2.24) is 0 Å². The summed E-state index contributed by atoms with van der Waals surface area (Å²) >= 11 is -0.889. The molecule has 0 nitrogen and oxygen atoms in total. The summed E-state index contributed by atoms with van der Waals surface area (Å²) in [6, 6.07) is 21.6. The van der Waals surface area contributed by atoms with Crippen LogP contribution in [0, 0.1) is 62.4 Å². The molecule has 0 unspecified atom stereocenters. The average molecular weight is 402 g/mol. The zero-order chi connectivity index (χ0) is 11.5. The second-order valence-electron chi connectivity index (χ2n) is 2.31. The van der Waals surface area contributed by atoms with Gasteiger partial charge >= 0.3 is 36.0 Å². The van der Waals surface area contributed by atoms with Crippen LogP contribution in [0.4, 0.5) is 0 Å². The molecule has 0 N–H and O–H groups in total. The van der Waals surface area contributed by atoms with Crippen LogP contribution in [0.25, 0.3) is 0 Å². The Morgan fingerprint density at radius 1 is 0.733 bits per heavy atom. The van der Waals surface area contributed by atoms with Gasteiger partial charge in [0.1, 0.15) is 0 Å². The number of rotatable bonds is 0. The van der Waals surface area contributed by atoms with E-state index < -0.39 is 17.6 Å². The first kappa shape index (κ1) is 15.0. The van der Waals surface area contributed by atoms with Crippen LogP contribution in [0.15, 0.2) is 0 Å². The Kier molecular flexibility index (Phi) is 10.5. The van der Waals surface area contributed by atoms with E-state index in [1.165, 1.54) is 0 Å². The molecule has 0 amide bonds. The first-order valence-corrected chi connectivity index (χ1v) is 11.8. The molecule has 0 spiro atoms. The molecule has 0 aliphatic carbocycles. The Morgan fingerprint density at radius 3 is 1.00 bits per heavy atom. The standard InChI is InChI=1S/2C6H3.2ClH.Ta/c2*1-6-4-2-3-5-6;;;/h2*1H3;2*1H;/q2*-5;;;+2/p-2. The molecule has 0 bridgehead atoms. The van der Waals surface area contributed by atoms with E-state index >= 15 is 0 Å². The molecular formula is C12H6Cl2Ta-10. The van der Waals surface area contributed by atoms with Crippen molar-refractivity contribution >= 4 is 18.4 Å². The maximum absolute atomic E-state index is 4.94. The third-order valence-electron chi connectivity index (χ3n) is 1.12. The van der Waals surface area contributed by atoms with Gasteiger partial charge in [0.05, 0.1) is 0 Å². The third-order valence-corrected chi connectivity index (χ3v) is 1.12. The molecular weight excluding hydrogens is 396 g/mol. The van der Waals surface area contributed by atoms with E-state index in [9.17, 15) is 0 Å². The van der Waals surface area contributed by atoms with Gasteiger partial charge < -0.3 is 59.7 Å². The van der Waals surface area contributed by atoms with Crippen molar-refractivity contribution in [2.45, 2.75) is 13.8 Å². The van der Waals surface area contributed by atoms with Crippen LogP contribution in [0.2, 0.25) is 0 Å². The Hall–Kier alpha value is 0.0203. The molecule has 0 heterocycles. The molecule has 2 aromatic rings. The predicted octanol–water partition coefficient (Wildman–Crippen LogP) is 3.21. The van der Waals surface area contributed by atoms with Gasteiger partial charge in [0.25, 0.3) is 0 Å². The van der Waals surface area contributed by atoms with Gasteiger partial charge in [-0.05, 0) is 0 Å². The molecule has 3 heteroatoms. The second kappa shape index (κ2) is 10.5. The summed E-state index contributed by atoms with van der Waals surface area (Å²) in [5.74, 6) is 0. The van der Waals surface area contributed by atoms with E-state index in [-0.39, 0.29) is 0 Å². The van der Waals surface area contributed by atoms with E-state index in [2.05, 4.69) is 48.5 Å². The summed E-state index contributed by atoms with van der Waals surface area (Å²) in [6.45, 7) is 3.82. The van der Waals surface area contributed by atoms with Crippen LogP contribution in [-0.2, 0) is 17.6 Å². The Balaban J connectivity index is 0.000000210. The van der Waals surface area contributed by atoms with Crippen molar-refractivity contribution in [3.63, 3.8) is 0 Å². The van der Waals surface area contributed by atoms with Crippen LogP contribution in [0.3, 0.4) is 0 Å². The van der Waals surface area contributed by atoms with Gasteiger partial charge in [0, 0.05) is 0 Å². The summed E-state index contributed by atoms with van der Waals surface area (Å²) in [5.41, 5.74) is 1.96. The minimum absolute atomic E-state index is 0.889. The summed E-state index contributed by atoms with van der Waals surface area (Å²) in [4.78, 5) is 0. The molecule has 2 aromatic carbocycles. The molecule has 0 radical (unpaired) electrons. The van der Waals surface area contributed by atoms with Crippen LogP contribution in [-0.4, -0.2) is 0 Å².